The summed E-state index contributed by atoms with van der Waals surface area (Å²) in [6, 6.07) is 0. The van der Waals surface area contributed by atoms with E-state index in [2.05, 4.69) is 0 Å². The molecule has 0 radical (unpaired) electrons. The molecule has 0 saturated heterocycles. The van der Waals surface area contributed by atoms with Gasteiger partial charge >= 0.3 is 8.03 Å². The smallest absolute Gasteiger partial charge is 0.161 e. The van der Waals surface area contributed by atoms with E-state index in [-0.39, 0.29) is 17.1 Å². The van der Waals surface area contributed by atoms with E-state index in [9.17, 15) is 4.57 Å². The van der Waals surface area contributed by atoms with Crippen molar-refractivity contribution in [3.05, 3.63) is 0 Å². The molecular weight excluding hydrogens is 143 g/mol. The van der Waals surface area contributed by atoms with Gasteiger partial charge in [-0.1, -0.05) is 0 Å². The molecule has 4 heteroatoms. The molecule has 0 aliphatic rings. The van der Waals surface area contributed by atoms with Crippen molar-refractivity contribution in [2.75, 3.05) is 6.16 Å². The summed E-state index contributed by atoms with van der Waals surface area (Å²) >= 11 is 0. The minimum atomic E-state index is -1.85. The normalized spacial score (nSPS) is 9.33. The maximum atomic E-state index is 9.52. The third-order valence-electron chi connectivity index (χ3n) is 0.271. The molecule has 0 heterocycles. The van der Waals surface area contributed by atoms with E-state index >= 15 is 0 Å². The maximum Gasteiger partial charge on any atom is 0.505 e. The fourth-order valence-electron chi connectivity index (χ4n) is 0. The molecule has 0 amide bonds. The molecule has 0 rings (SSSR count). The monoisotopic (exact) mass is 149 g/mol. The van der Waals surface area contributed by atoms with Gasteiger partial charge in [-0.25, -0.2) is 0 Å². The van der Waals surface area contributed by atoms with Crippen LogP contribution in [0.5, 0.6) is 0 Å². The summed E-state index contributed by atoms with van der Waals surface area (Å²) in [6.45, 7) is 1.67. The molecule has 2 nitrogen and oxygen atoms in total. The Balaban J connectivity index is 0. The summed E-state index contributed by atoms with van der Waals surface area (Å²) in [7, 11) is -1.85. The Morgan fingerprint density at radius 2 is 2.00 bits per heavy atom. The molecule has 0 saturated carbocycles. The van der Waals surface area contributed by atoms with Gasteiger partial charge < -0.3 is 0 Å². The van der Waals surface area contributed by atoms with Gasteiger partial charge in [0.25, 0.3) is 0 Å². The fourth-order valence-corrected chi connectivity index (χ4v) is 0. The summed E-state index contributed by atoms with van der Waals surface area (Å²) in [4.78, 5) is 7.87. The third kappa shape index (κ3) is 8.82. The van der Waals surface area contributed by atoms with E-state index in [1.807, 2.05) is 0 Å². The Morgan fingerprint density at radius 3 is 2.00 bits per heavy atom. The van der Waals surface area contributed by atoms with Crippen LogP contribution in [0.4, 0.5) is 0 Å². The predicted molar refractivity (Wildman–Crippen MR) is 20.4 cm³/mol. The summed E-state index contributed by atoms with van der Waals surface area (Å²) in [5.74, 6) is 0. The van der Waals surface area contributed by atoms with Crippen molar-refractivity contribution in [2.45, 2.75) is 6.92 Å². The maximum absolute atomic E-state index is 9.52. The van der Waals surface area contributed by atoms with Crippen LogP contribution in [-0.4, -0.2) is 11.1 Å². The third-order valence-corrected chi connectivity index (χ3v) is 0.812. The average molecular weight is 149 g/mol. The van der Waals surface area contributed by atoms with E-state index < -0.39 is 8.03 Å². The van der Waals surface area contributed by atoms with E-state index in [0.29, 0.717) is 6.16 Å². The van der Waals surface area contributed by atoms with Gasteiger partial charge in [-0.15, -0.1) is 0 Å². The van der Waals surface area contributed by atoms with Crippen LogP contribution in [0.15, 0.2) is 0 Å². The molecule has 0 fully saturated rings. The minimum absolute atomic E-state index is 0. The van der Waals surface area contributed by atoms with Gasteiger partial charge in [0, 0.05) is 17.1 Å². The van der Waals surface area contributed by atoms with Crippen LogP contribution in [0, 0.1) is 0 Å². The summed E-state index contributed by atoms with van der Waals surface area (Å²) in [5, 5.41) is 0. The van der Waals surface area contributed by atoms with Crippen LogP contribution in [0.3, 0.4) is 0 Å². The van der Waals surface area contributed by atoms with Gasteiger partial charge in [0.05, 0.1) is 0 Å². The zero-order valence-electron chi connectivity index (χ0n) is 3.36. The second kappa shape index (κ2) is 5.58. The van der Waals surface area contributed by atoms with E-state index in [4.69, 9.17) is 4.89 Å². The van der Waals surface area contributed by atoms with Crippen LogP contribution in [0.1, 0.15) is 6.92 Å². The second-order valence-corrected chi connectivity index (χ2v) is 2.01. The first kappa shape index (κ1) is 9.77. The van der Waals surface area contributed by atoms with Crippen LogP contribution < -0.4 is 0 Å². The second-order valence-electron chi connectivity index (χ2n) is 0.668. The van der Waals surface area contributed by atoms with E-state index in [1.54, 1.807) is 6.92 Å². The zero-order chi connectivity index (χ0) is 4.28. The van der Waals surface area contributed by atoms with Gasteiger partial charge in [0.1, 0.15) is 0 Å². The number of hydrogen-bond acceptors (Lipinski definition) is 1. The molecule has 0 bridgehead atoms. The molecule has 0 aliphatic carbocycles. The first-order valence-electron chi connectivity index (χ1n) is 1.41. The number of rotatable bonds is 1. The van der Waals surface area contributed by atoms with Crippen molar-refractivity contribution in [3.8, 4) is 0 Å². The van der Waals surface area contributed by atoms with Gasteiger partial charge in [-0.05, 0) is 11.5 Å². The Morgan fingerprint density at radius 1 is 1.83 bits per heavy atom. The Bertz CT molecular complexity index is 46.8. The van der Waals surface area contributed by atoms with Crippen molar-refractivity contribution in [2.24, 2.45) is 0 Å². The van der Waals surface area contributed by atoms with E-state index in [0.717, 1.165) is 0 Å². The summed E-state index contributed by atoms with van der Waals surface area (Å²) in [5.41, 5.74) is 0. The minimum Gasteiger partial charge on any atom is -0.161 e. The van der Waals surface area contributed by atoms with Crippen molar-refractivity contribution in [1.82, 2.24) is 0 Å². The largest absolute Gasteiger partial charge is 0.505 e. The van der Waals surface area contributed by atoms with Crippen molar-refractivity contribution in [1.29, 1.82) is 0 Å². The molecule has 1 atom stereocenters. The molecule has 0 aromatic heterocycles. The van der Waals surface area contributed by atoms with Crippen molar-refractivity contribution in [3.63, 3.8) is 0 Å². The summed E-state index contributed by atoms with van der Waals surface area (Å²) < 4.78 is 9.52. The average Bonchev–Trinajstić information content (AvgIpc) is 1.38. The molecule has 0 aromatic carbocycles. The van der Waals surface area contributed by atoms with Crippen molar-refractivity contribution >= 4 is 8.03 Å². The topological polar surface area (TPSA) is 37.3 Å². The quantitative estimate of drug-likeness (QED) is 0.440. The van der Waals surface area contributed by atoms with Crippen molar-refractivity contribution < 1.29 is 26.5 Å². The molecule has 1 N–H and O–H groups in total. The molecule has 0 aromatic rings. The molecule has 38 valence electrons. The van der Waals surface area contributed by atoms with E-state index in [1.165, 1.54) is 0 Å². The molecular formula is C2H6FeO2P+. The van der Waals surface area contributed by atoms with Crippen LogP contribution in [0.25, 0.3) is 0 Å². The van der Waals surface area contributed by atoms with Gasteiger partial charge in [0.2, 0.25) is 0 Å². The molecule has 1 unspecified atom stereocenters. The standard InChI is InChI=1S/C2H5O2P.Fe/c1-2-5(3)4;/h2H2,1H3;/p+1. The van der Waals surface area contributed by atoms with Gasteiger partial charge in [-0.3, -0.25) is 0 Å². The molecule has 0 spiro atoms. The zero-order valence-corrected chi connectivity index (χ0v) is 5.36. The molecule has 0 aliphatic heterocycles. The van der Waals surface area contributed by atoms with Crippen LogP contribution >= 0.6 is 8.03 Å². The Labute approximate surface area is 48.3 Å². The summed E-state index contributed by atoms with van der Waals surface area (Å²) in [6.07, 6.45) is 0.370. The fraction of sp³-hybridized carbons (Fsp3) is 1.00. The Kier molecular flexibility index (Phi) is 9.08. The molecule has 6 heavy (non-hydrogen) atoms. The van der Waals surface area contributed by atoms with Crippen LogP contribution in [-0.2, 0) is 21.6 Å². The van der Waals surface area contributed by atoms with Gasteiger partial charge in [-0.2, -0.15) is 4.89 Å². The van der Waals surface area contributed by atoms with Gasteiger partial charge in [0.15, 0.2) is 6.16 Å². The first-order chi connectivity index (χ1) is 2.27. The van der Waals surface area contributed by atoms with Crippen LogP contribution in [0.2, 0.25) is 0 Å². The predicted octanol–water partition coefficient (Wildman–Crippen LogP) is 0.738. The first-order valence-corrected chi connectivity index (χ1v) is 2.80. The SMILES string of the molecule is CC[P+](=O)O.[Fe]. The number of hydrogen-bond donors (Lipinski definition) is 1. The Hall–Kier alpha value is 0.579.